The molecule has 0 saturated carbocycles. The molecule has 1 aliphatic heterocycles. The van der Waals surface area contributed by atoms with E-state index in [9.17, 15) is 9.18 Å². The average molecular weight is 359 g/mol. The number of aryl methyl sites for hydroxylation is 1. The molecule has 0 spiro atoms. The van der Waals surface area contributed by atoms with Gasteiger partial charge < -0.3 is 5.32 Å². The topological polar surface area (TPSA) is 54.5 Å². The molecule has 1 aromatic heterocycles. The molecule has 3 rings (SSSR count). The first kappa shape index (κ1) is 19.8. The first-order valence-electron chi connectivity index (χ1n) is 8.94. The maximum atomic E-state index is 14.1. The molecule has 0 saturated heterocycles. The Bertz CT molecular complexity index is 778. The van der Waals surface area contributed by atoms with Crippen LogP contribution in [0, 0.1) is 12.7 Å². The zero-order valence-corrected chi connectivity index (χ0v) is 16.0. The van der Waals surface area contributed by atoms with Crippen LogP contribution < -0.4 is 5.32 Å². The molecule has 1 aliphatic rings. The quantitative estimate of drug-likeness (QED) is 0.864. The monoisotopic (exact) mass is 359 g/mol. The highest BCUT2D eigenvalue weighted by molar-refractivity contribution is 6.01. The lowest BCUT2D eigenvalue weighted by molar-refractivity contribution is -0.153. The third kappa shape index (κ3) is 4.38. The summed E-state index contributed by atoms with van der Waals surface area (Å²) in [5, 5.41) is 4.36. The van der Waals surface area contributed by atoms with E-state index >= 15 is 0 Å². The summed E-state index contributed by atoms with van der Waals surface area (Å²) in [7, 11) is 0. The first-order chi connectivity index (χ1) is 12.5. The Kier molecular flexibility index (Phi) is 6.69. The SMILES string of the molecule is CC.Cc1ccc(Nc2cncc3c2C(=O)N(OC(C)C)CC3)c(F)c1. The highest BCUT2D eigenvalue weighted by Crippen LogP contribution is 2.29. The van der Waals surface area contributed by atoms with Crippen molar-refractivity contribution in [1.82, 2.24) is 10.0 Å². The number of hydrogen-bond donors (Lipinski definition) is 1. The zero-order valence-electron chi connectivity index (χ0n) is 16.0. The van der Waals surface area contributed by atoms with E-state index < -0.39 is 0 Å². The van der Waals surface area contributed by atoms with Crippen molar-refractivity contribution in [3.63, 3.8) is 0 Å². The van der Waals surface area contributed by atoms with Gasteiger partial charge in [0.15, 0.2) is 0 Å². The van der Waals surface area contributed by atoms with E-state index in [1.165, 1.54) is 17.3 Å². The molecule has 1 amide bonds. The number of carbonyl (C=O) groups is 1. The van der Waals surface area contributed by atoms with Crippen LogP contribution in [0.4, 0.5) is 15.8 Å². The van der Waals surface area contributed by atoms with E-state index in [0.717, 1.165) is 11.1 Å². The van der Waals surface area contributed by atoms with E-state index in [4.69, 9.17) is 4.84 Å². The number of nitrogens with one attached hydrogen (secondary N) is 1. The molecular formula is C20H26FN3O2. The molecule has 0 bridgehead atoms. The highest BCUT2D eigenvalue weighted by Gasteiger charge is 2.29. The van der Waals surface area contributed by atoms with Crippen molar-refractivity contribution in [1.29, 1.82) is 0 Å². The average Bonchev–Trinajstić information content (AvgIpc) is 2.61. The predicted molar refractivity (Wildman–Crippen MR) is 101 cm³/mol. The normalized spacial score (nSPS) is 13.2. The van der Waals surface area contributed by atoms with Gasteiger partial charge in [-0.2, -0.15) is 0 Å². The van der Waals surface area contributed by atoms with Crippen molar-refractivity contribution in [3.8, 4) is 0 Å². The molecule has 0 unspecified atom stereocenters. The van der Waals surface area contributed by atoms with Crippen molar-refractivity contribution in [2.45, 2.75) is 47.1 Å². The second-order valence-corrected chi connectivity index (χ2v) is 6.14. The summed E-state index contributed by atoms with van der Waals surface area (Å²) in [6, 6.07) is 4.91. The van der Waals surface area contributed by atoms with Gasteiger partial charge in [0.25, 0.3) is 5.91 Å². The lowest BCUT2D eigenvalue weighted by Crippen LogP contribution is -2.39. The Hall–Kier alpha value is -2.47. The smallest absolute Gasteiger partial charge is 0.279 e. The van der Waals surface area contributed by atoms with Crippen LogP contribution in [-0.4, -0.2) is 28.6 Å². The summed E-state index contributed by atoms with van der Waals surface area (Å²) in [5.74, 6) is -0.603. The standard InChI is InChI=1S/C18H20FN3O2.C2H6/c1-11(2)24-22-7-6-13-9-20-10-16(17(13)18(22)23)21-15-5-4-12(3)8-14(15)19;1-2/h4-5,8-11,21H,6-7H2,1-3H3;1-2H3. The Balaban J connectivity index is 0.00000117. The zero-order chi connectivity index (χ0) is 19.3. The molecular weight excluding hydrogens is 333 g/mol. The van der Waals surface area contributed by atoms with E-state index in [0.29, 0.717) is 29.9 Å². The number of rotatable bonds is 4. The fraction of sp³-hybridized carbons (Fsp3) is 0.400. The summed E-state index contributed by atoms with van der Waals surface area (Å²) < 4.78 is 14.1. The van der Waals surface area contributed by atoms with Gasteiger partial charge in [0.05, 0.1) is 35.8 Å². The molecule has 0 aliphatic carbocycles. The minimum atomic E-state index is -0.369. The maximum Gasteiger partial charge on any atom is 0.279 e. The van der Waals surface area contributed by atoms with Crippen LogP contribution in [-0.2, 0) is 11.3 Å². The number of fused-ring (bicyclic) bond motifs is 1. The van der Waals surface area contributed by atoms with Crippen LogP contribution in [0.1, 0.15) is 49.2 Å². The molecule has 1 aromatic carbocycles. The predicted octanol–water partition coefficient (Wildman–Crippen LogP) is 4.64. The van der Waals surface area contributed by atoms with Gasteiger partial charge in [-0.25, -0.2) is 9.45 Å². The van der Waals surface area contributed by atoms with E-state index in [-0.39, 0.29) is 17.8 Å². The first-order valence-corrected chi connectivity index (χ1v) is 8.94. The summed E-state index contributed by atoms with van der Waals surface area (Å²) in [6.07, 6.45) is 3.77. The Morgan fingerprint density at radius 1 is 1.23 bits per heavy atom. The molecule has 1 N–H and O–H groups in total. The largest absolute Gasteiger partial charge is 0.351 e. The summed E-state index contributed by atoms with van der Waals surface area (Å²) in [6.45, 7) is 10.0. The number of amides is 1. The van der Waals surface area contributed by atoms with Gasteiger partial charge in [-0.1, -0.05) is 19.9 Å². The lowest BCUT2D eigenvalue weighted by atomic mass is 10.0. The van der Waals surface area contributed by atoms with Crippen LogP contribution in [0.15, 0.2) is 30.6 Å². The van der Waals surface area contributed by atoms with E-state index in [2.05, 4.69) is 10.3 Å². The molecule has 140 valence electrons. The van der Waals surface area contributed by atoms with Gasteiger partial charge in [-0.3, -0.25) is 14.6 Å². The number of halogens is 1. The summed E-state index contributed by atoms with van der Waals surface area (Å²) >= 11 is 0. The number of hydroxylamine groups is 2. The van der Waals surface area contributed by atoms with Gasteiger partial charge in [0.1, 0.15) is 5.82 Å². The third-order valence-corrected chi connectivity index (χ3v) is 3.78. The van der Waals surface area contributed by atoms with Crippen LogP contribution in [0.2, 0.25) is 0 Å². The molecule has 0 radical (unpaired) electrons. The van der Waals surface area contributed by atoms with Crippen LogP contribution in [0.25, 0.3) is 0 Å². The fourth-order valence-corrected chi connectivity index (χ4v) is 2.71. The Labute approximate surface area is 154 Å². The highest BCUT2D eigenvalue weighted by atomic mass is 19.1. The number of carbonyl (C=O) groups excluding carboxylic acids is 1. The third-order valence-electron chi connectivity index (χ3n) is 3.78. The lowest BCUT2D eigenvalue weighted by Gasteiger charge is -2.30. The molecule has 5 nitrogen and oxygen atoms in total. The number of pyridine rings is 1. The van der Waals surface area contributed by atoms with Crippen molar-refractivity contribution in [2.75, 3.05) is 11.9 Å². The van der Waals surface area contributed by atoms with Crippen molar-refractivity contribution >= 4 is 17.3 Å². The van der Waals surface area contributed by atoms with Crippen molar-refractivity contribution in [2.24, 2.45) is 0 Å². The van der Waals surface area contributed by atoms with Crippen LogP contribution in [0.3, 0.4) is 0 Å². The minimum Gasteiger partial charge on any atom is -0.351 e. The van der Waals surface area contributed by atoms with Crippen molar-refractivity contribution < 1.29 is 14.0 Å². The van der Waals surface area contributed by atoms with E-state index in [1.54, 1.807) is 12.3 Å². The van der Waals surface area contributed by atoms with Crippen molar-refractivity contribution in [3.05, 3.63) is 53.1 Å². The Morgan fingerprint density at radius 2 is 1.96 bits per heavy atom. The minimum absolute atomic E-state index is 0.0942. The number of nitrogens with zero attached hydrogens (tertiary/aromatic N) is 2. The molecule has 2 aromatic rings. The number of hydrogen-bond acceptors (Lipinski definition) is 4. The number of benzene rings is 1. The molecule has 6 heteroatoms. The second-order valence-electron chi connectivity index (χ2n) is 6.14. The molecule has 0 fully saturated rings. The Morgan fingerprint density at radius 3 is 2.62 bits per heavy atom. The van der Waals surface area contributed by atoms with E-state index in [1.807, 2.05) is 40.7 Å². The molecule has 26 heavy (non-hydrogen) atoms. The maximum absolute atomic E-state index is 14.1. The van der Waals surface area contributed by atoms with Crippen LogP contribution in [0.5, 0.6) is 0 Å². The van der Waals surface area contributed by atoms with Gasteiger partial charge in [-0.05, 0) is 50.5 Å². The second kappa shape index (κ2) is 8.76. The van der Waals surface area contributed by atoms with Gasteiger partial charge in [-0.15, -0.1) is 0 Å². The summed E-state index contributed by atoms with van der Waals surface area (Å²) in [5.41, 5.74) is 2.94. The number of anilines is 2. The molecule has 2 heterocycles. The number of aromatic nitrogens is 1. The van der Waals surface area contributed by atoms with Gasteiger partial charge in [0.2, 0.25) is 0 Å². The summed E-state index contributed by atoms with van der Waals surface area (Å²) in [4.78, 5) is 22.5. The fourth-order valence-electron chi connectivity index (χ4n) is 2.71. The van der Waals surface area contributed by atoms with Gasteiger partial charge in [0, 0.05) is 6.20 Å². The van der Waals surface area contributed by atoms with Gasteiger partial charge >= 0.3 is 0 Å². The molecule has 0 atom stereocenters. The van der Waals surface area contributed by atoms with Crippen LogP contribution >= 0.6 is 0 Å².